The summed E-state index contributed by atoms with van der Waals surface area (Å²) in [5, 5.41) is 4.71. The van der Waals surface area contributed by atoms with Crippen molar-refractivity contribution in [2.24, 2.45) is 0 Å². The molecule has 0 aliphatic heterocycles. The number of rotatable bonds is 6. The first-order chi connectivity index (χ1) is 10.6. The number of hydrogen-bond acceptors (Lipinski definition) is 5. The number of nitrogens with one attached hydrogen (secondary N) is 1. The second-order valence-electron chi connectivity index (χ2n) is 4.54. The van der Waals surface area contributed by atoms with Crippen LogP contribution in [-0.2, 0) is 16.1 Å². The highest BCUT2D eigenvalue weighted by molar-refractivity contribution is 7.98. The van der Waals surface area contributed by atoms with Crippen LogP contribution in [-0.4, -0.2) is 24.2 Å². The first-order valence-electron chi connectivity index (χ1n) is 6.76. The molecule has 2 rings (SSSR count). The number of amides is 1. The fourth-order valence-corrected chi connectivity index (χ4v) is 3.05. The molecule has 0 aliphatic carbocycles. The van der Waals surface area contributed by atoms with Crippen molar-refractivity contribution in [3.8, 4) is 0 Å². The van der Waals surface area contributed by atoms with Crippen LogP contribution in [0.2, 0.25) is 0 Å². The molecule has 1 N–H and O–H groups in total. The first-order valence-corrected chi connectivity index (χ1v) is 8.86. The number of carbonyl (C=O) groups is 2. The van der Waals surface area contributed by atoms with Crippen LogP contribution in [0, 0.1) is 0 Å². The van der Waals surface area contributed by atoms with E-state index in [2.05, 4.69) is 5.32 Å². The predicted octanol–water partition coefficient (Wildman–Crippen LogP) is 3.33. The van der Waals surface area contributed by atoms with Crippen molar-refractivity contribution in [1.82, 2.24) is 5.32 Å². The molecular weight excluding hydrogens is 318 g/mol. The van der Waals surface area contributed by atoms with Gasteiger partial charge in [-0.05, 0) is 36.8 Å². The van der Waals surface area contributed by atoms with Gasteiger partial charge in [-0.25, -0.2) is 4.79 Å². The van der Waals surface area contributed by atoms with Crippen molar-refractivity contribution in [2.75, 3.05) is 6.26 Å². The Morgan fingerprint density at radius 3 is 2.73 bits per heavy atom. The topological polar surface area (TPSA) is 55.4 Å². The summed E-state index contributed by atoms with van der Waals surface area (Å²) in [5.41, 5.74) is 0.480. The molecule has 6 heteroatoms. The molecule has 0 aliphatic rings. The Morgan fingerprint density at radius 1 is 1.27 bits per heavy atom. The number of esters is 1. The van der Waals surface area contributed by atoms with Gasteiger partial charge in [0.1, 0.15) is 0 Å². The third-order valence-electron chi connectivity index (χ3n) is 3.00. The summed E-state index contributed by atoms with van der Waals surface area (Å²) in [6, 6.07) is 11.1. The third-order valence-corrected chi connectivity index (χ3v) is 4.67. The van der Waals surface area contributed by atoms with E-state index in [0.29, 0.717) is 12.1 Å². The fourth-order valence-electron chi connectivity index (χ4n) is 1.82. The SMILES string of the molecule is CSc1ccccc1C(=O)O[C@@H](C)C(=O)NCc1cccs1. The standard InChI is InChI=1S/C16H17NO3S2/c1-11(15(18)17-10-12-6-5-9-22-12)20-16(19)13-7-3-4-8-14(13)21-2/h3-9,11H,10H2,1-2H3,(H,17,18)/t11-/m0/s1. The van der Waals surface area contributed by atoms with E-state index in [1.54, 1.807) is 30.4 Å². The maximum absolute atomic E-state index is 12.2. The molecule has 4 nitrogen and oxygen atoms in total. The van der Waals surface area contributed by atoms with E-state index >= 15 is 0 Å². The van der Waals surface area contributed by atoms with Crippen molar-refractivity contribution in [2.45, 2.75) is 24.5 Å². The predicted molar refractivity (Wildman–Crippen MR) is 89.3 cm³/mol. The third kappa shape index (κ3) is 4.35. The van der Waals surface area contributed by atoms with E-state index in [0.717, 1.165) is 9.77 Å². The Balaban J connectivity index is 1.91. The normalized spacial score (nSPS) is 11.7. The molecule has 1 aromatic carbocycles. The van der Waals surface area contributed by atoms with E-state index in [4.69, 9.17) is 4.74 Å². The number of thioether (sulfide) groups is 1. The van der Waals surface area contributed by atoms with Gasteiger partial charge in [0.15, 0.2) is 6.10 Å². The van der Waals surface area contributed by atoms with Gasteiger partial charge in [0.05, 0.1) is 12.1 Å². The van der Waals surface area contributed by atoms with Crippen molar-refractivity contribution in [3.05, 3.63) is 52.2 Å². The quantitative estimate of drug-likeness (QED) is 0.650. The second-order valence-corrected chi connectivity index (χ2v) is 6.43. The van der Waals surface area contributed by atoms with Crippen LogP contribution in [0.1, 0.15) is 22.2 Å². The summed E-state index contributed by atoms with van der Waals surface area (Å²) in [4.78, 5) is 26.0. The molecule has 0 radical (unpaired) electrons. The fraction of sp³-hybridized carbons (Fsp3) is 0.250. The van der Waals surface area contributed by atoms with Crippen molar-refractivity contribution in [1.29, 1.82) is 0 Å². The Kier molecular flexibility index (Phi) is 6.03. The minimum absolute atomic E-state index is 0.302. The highest BCUT2D eigenvalue weighted by Crippen LogP contribution is 2.21. The van der Waals surface area contributed by atoms with E-state index in [9.17, 15) is 9.59 Å². The molecule has 1 heterocycles. The molecule has 1 aromatic heterocycles. The first kappa shape index (κ1) is 16.6. The minimum atomic E-state index is -0.831. The lowest BCUT2D eigenvalue weighted by Gasteiger charge is -2.14. The Labute approximate surface area is 137 Å². The summed E-state index contributed by atoms with van der Waals surface area (Å²) < 4.78 is 5.25. The van der Waals surface area contributed by atoms with Gasteiger partial charge in [-0.3, -0.25) is 4.79 Å². The molecule has 1 amide bonds. The lowest BCUT2D eigenvalue weighted by molar-refractivity contribution is -0.129. The van der Waals surface area contributed by atoms with E-state index in [1.807, 2.05) is 35.9 Å². The summed E-state index contributed by atoms with van der Waals surface area (Å²) in [5.74, 6) is -0.785. The Bertz CT molecular complexity index is 641. The van der Waals surface area contributed by atoms with Crippen LogP contribution in [0.5, 0.6) is 0 Å². The summed E-state index contributed by atoms with van der Waals surface area (Å²) in [6.07, 6.45) is 1.06. The van der Waals surface area contributed by atoms with Crippen molar-refractivity contribution in [3.63, 3.8) is 0 Å². The number of hydrogen-bond donors (Lipinski definition) is 1. The molecule has 0 saturated heterocycles. The lowest BCUT2D eigenvalue weighted by Crippen LogP contribution is -2.35. The smallest absolute Gasteiger partial charge is 0.340 e. The van der Waals surface area contributed by atoms with E-state index in [1.165, 1.54) is 11.8 Å². The Hall–Kier alpha value is -1.79. The van der Waals surface area contributed by atoms with Gasteiger partial charge < -0.3 is 10.1 Å². The van der Waals surface area contributed by atoms with Gasteiger partial charge in [0.25, 0.3) is 5.91 Å². The molecule has 0 fully saturated rings. The average Bonchev–Trinajstić information content (AvgIpc) is 3.05. The van der Waals surface area contributed by atoms with Crippen LogP contribution in [0.15, 0.2) is 46.7 Å². The zero-order valence-corrected chi connectivity index (χ0v) is 14.0. The average molecular weight is 335 g/mol. The van der Waals surface area contributed by atoms with Crippen LogP contribution in [0.4, 0.5) is 0 Å². The molecule has 1 atom stereocenters. The van der Waals surface area contributed by atoms with Crippen molar-refractivity contribution >= 4 is 35.0 Å². The lowest BCUT2D eigenvalue weighted by atomic mass is 10.2. The Morgan fingerprint density at radius 2 is 2.05 bits per heavy atom. The number of ether oxygens (including phenoxy) is 1. The van der Waals surface area contributed by atoms with Gasteiger partial charge >= 0.3 is 5.97 Å². The van der Waals surface area contributed by atoms with Crippen LogP contribution in [0.3, 0.4) is 0 Å². The minimum Gasteiger partial charge on any atom is -0.449 e. The second kappa shape index (κ2) is 8.00. The monoisotopic (exact) mass is 335 g/mol. The summed E-state index contributed by atoms with van der Waals surface area (Å²) >= 11 is 3.03. The van der Waals surface area contributed by atoms with Gasteiger partial charge in [-0.15, -0.1) is 23.1 Å². The van der Waals surface area contributed by atoms with Gasteiger partial charge in [-0.2, -0.15) is 0 Å². The molecule has 22 heavy (non-hydrogen) atoms. The number of thiophene rings is 1. The van der Waals surface area contributed by atoms with Gasteiger partial charge in [-0.1, -0.05) is 18.2 Å². The van der Waals surface area contributed by atoms with Crippen LogP contribution in [0.25, 0.3) is 0 Å². The largest absolute Gasteiger partial charge is 0.449 e. The summed E-state index contributed by atoms with van der Waals surface area (Å²) in [7, 11) is 0. The highest BCUT2D eigenvalue weighted by atomic mass is 32.2. The van der Waals surface area contributed by atoms with Crippen LogP contribution >= 0.6 is 23.1 Å². The molecule has 116 valence electrons. The van der Waals surface area contributed by atoms with Gasteiger partial charge in [0, 0.05) is 9.77 Å². The molecule has 0 unspecified atom stereocenters. The summed E-state index contributed by atoms with van der Waals surface area (Å²) in [6.45, 7) is 2.02. The zero-order chi connectivity index (χ0) is 15.9. The van der Waals surface area contributed by atoms with Crippen molar-refractivity contribution < 1.29 is 14.3 Å². The van der Waals surface area contributed by atoms with Gasteiger partial charge in [0.2, 0.25) is 0 Å². The molecule has 0 saturated carbocycles. The molecule has 0 bridgehead atoms. The van der Waals surface area contributed by atoms with E-state index < -0.39 is 12.1 Å². The molecular formula is C16H17NO3S2. The molecule has 2 aromatic rings. The maximum Gasteiger partial charge on any atom is 0.340 e. The maximum atomic E-state index is 12.2. The van der Waals surface area contributed by atoms with E-state index in [-0.39, 0.29) is 5.91 Å². The zero-order valence-electron chi connectivity index (χ0n) is 12.4. The highest BCUT2D eigenvalue weighted by Gasteiger charge is 2.20. The number of carbonyl (C=O) groups excluding carboxylic acids is 2. The van der Waals surface area contributed by atoms with Crippen LogP contribution < -0.4 is 5.32 Å². The molecule has 0 spiro atoms. The number of benzene rings is 1.